The SMILES string of the molecule is C=C(O)c1ccc([C@H](C)NC(=O)c2c(C)nn(C)c2Oc2ccc(Cl)c(Cl)c2)cc1.CC(=O)c1ccc([C@H](C)NC(=O)c2c(C(F)(F)F)nn(C)c2Oc2cccc(C(F)(F)F)c2)cc1.CC(=O)c1ccc([C@H](C)NC(=O)c2c(C(F)(F)F)nn(C)c2Oc2cccc(Cl)c2)cc1.CC(=O)c1ccc([C@H](C)NC(=O)c2c(C)nn(C)c2Oc2cccc(C(F)(F)F)c2)cc1. The number of ether oxygens (including phenoxy) is 4. The number of alkyl halides is 12. The molecule has 0 radical (unpaired) electrons. The van der Waals surface area contributed by atoms with Crippen molar-refractivity contribution in [3.63, 3.8) is 0 Å². The number of nitrogens with one attached hydrogen (secondary N) is 4. The van der Waals surface area contributed by atoms with E-state index in [1.54, 1.807) is 126 Å². The number of carbonyl (C=O) groups excluding carboxylic acids is 7. The van der Waals surface area contributed by atoms with Crippen LogP contribution in [0.3, 0.4) is 0 Å². The van der Waals surface area contributed by atoms with Crippen molar-refractivity contribution >= 4 is 81.5 Å². The number of rotatable bonds is 24. The summed E-state index contributed by atoms with van der Waals surface area (Å²) >= 11 is 17.9. The molecule has 8 aromatic carbocycles. The molecule has 4 amide bonds. The fourth-order valence-electron chi connectivity index (χ4n) is 12.5. The van der Waals surface area contributed by atoms with Crippen LogP contribution in [-0.2, 0) is 52.9 Å². The van der Waals surface area contributed by atoms with Crippen LogP contribution in [0.5, 0.6) is 46.5 Å². The molecular weight excluding hydrogens is 1780 g/mol. The van der Waals surface area contributed by atoms with E-state index in [0.29, 0.717) is 87.8 Å². The number of hydrogen-bond donors (Lipinski definition) is 5. The average Bonchev–Trinajstić information content (AvgIpc) is 1.63. The minimum absolute atomic E-state index is 0.00619. The fraction of sp³-hybridized carbons (Fsp3) is 0.233. The smallest absolute Gasteiger partial charge is 0.436 e. The van der Waals surface area contributed by atoms with Gasteiger partial charge in [-0.15, -0.1) is 0 Å². The first-order valence-electron chi connectivity index (χ1n) is 38.5. The third kappa shape index (κ3) is 25.6. The van der Waals surface area contributed by atoms with Crippen molar-refractivity contribution in [2.24, 2.45) is 28.2 Å². The van der Waals surface area contributed by atoms with E-state index in [0.717, 1.165) is 53.2 Å². The van der Waals surface area contributed by atoms with Gasteiger partial charge in [-0.25, -0.2) is 18.7 Å². The summed E-state index contributed by atoms with van der Waals surface area (Å²) in [5, 5.41) is 36.6. The Balaban J connectivity index is 0.000000194. The van der Waals surface area contributed by atoms with Gasteiger partial charge >= 0.3 is 24.7 Å². The van der Waals surface area contributed by atoms with E-state index in [-0.39, 0.29) is 63.9 Å². The van der Waals surface area contributed by atoms with Crippen molar-refractivity contribution in [1.29, 1.82) is 0 Å². The van der Waals surface area contributed by atoms with Gasteiger partial charge in [0.15, 0.2) is 28.7 Å². The molecule has 0 aliphatic heterocycles. The molecule has 12 aromatic rings. The Morgan fingerprint density at radius 2 is 0.628 bits per heavy atom. The Morgan fingerprint density at radius 3 is 0.907 bits per heavy atom. The Bertz CT molecular complexity index is 6150. The normalized spacial score (nSPS) is 12.3. The molecule has 678 valence electrons. The Morgan fingerprint density at radius 1 is 0.357 bits per heavy atom. The van der Waals surface area contributed by atoms with Crippen LogP contribution in [0, 0.1) is 13.8 Å². The summed E-state index contributed by atoms with van der Waals surface area (Å²) in [5.41, 5.74) is -0.389. The number of amides is 4. The Hall–Kier alpha value is -13.7. The molecular formula is C90H81Cl3F12N12O12. The maximum atomic E-state index is 13.6. The average molecular weight is 1860 g/mol. The minimum atomic E-state index is -5.05. The van der Waals surface area contributed by atoms with Crippen molar-refractivity contribution in [1.82, 2.24) is 60.4 Å². The van der Waals surface area contributed by atoms with Crippen molar-refractivity contribution in [2.75, 3.05) is 0 Å². The first-order chi connectivity index (χ1) is 60.3. The molecule has 12 rings (SSSR count). The molecule has 0 saturated heterocycles. The van der Waals surface area contributed by atoms with Gasteiger partial charge in [0, 0.05) is 61.5 Å². The van der Waals surface area contributed by atoms with Gasteiger partial charge in [-0.3, -0.25) is 33.6 Å². The topological polar surface area (TPSA) is 296 Å². The molecule has 0 fully saturated rings. The molecule has 129 heavy (non-hydrogen) atoms. The molecule has 0 spiro atoms. The highest BCUT2D eigenvalue weighted by atomic mass is 35.5. The van der Waals surface area contributed by atoms with Crippen LogP contribution < -0.4 is 40.2 Å². The first-order valence-corrected chi connectivity index (χ1v) is 39.6. The number of nitrogens with zero attached hydrogens (tertiary/aromatic N) is 8. The van der Waals surface area contributed by atoms with Gasteiger partial charge in [-0.2, -0.15) is 73.1 Å². The van der Waals surface area contributed by atoms with E-state index < -0.39 is 106 Å². The number of Topliss-reactive ketones (excluding diaryl/α,β-unsaturated/α-hetero) is 3. The van der Waals surface area contributed by atoms with E-state index in [4.69, 9.17) is 53.8 Å². The van der Waals surface area contributed by atoms with Crippen molar-refractivity contribution in [3.05, 3.63) is 310 Å². The van der Waals surface area contributed by atoms with Crippen LogP contribution in [0.1, 0.15) is 207 Å². The molecule has 4 atom stereocenters. The van der Waals surface area contributed by atoms with E-state index >= 15 is 0 Å². The van der Waals surface area contributed by atoms with Crippen molar-refractivity contribution in [2.45, 2.75) is 111 Å². The highest BCUT2D eigenvalue weighted by Gasteiger charge is 2.45. The maximum Gasteiger partial charge on any atom is 0.436 e. The number of aliphatic hydroxyl groups is 1. The molecule has 0 unspecified atom stereocenters. The lowest BCUT2D eigenvalue weighted by Gasteiger charge is -2.16. The number of ketones is 3. The second-order valence-corrected chi connectivity index (χ2v) is 30.2. The summed E-state index contributed by atoms with van der Waals surface area (Å²) in [6, 6.07) is 43.2. The minimum Gasteiger partial charge on any atom is -0.508 e. The maximum absolute atomic E-state index is 13.6. The number of carbonyl (C=O) groups is 7. The Labute approximate surface area is 744 Å². The number of hydrogen-bond acceptors (Lipinski definition) is 16. The van der Waals surface area contributed by atoms with Crippen LogP contribution in [-0.4, -0.2) is 85.2 Å². The zero-order valence-electron chi connectivity index (χ0n) is 70.6. The summed E-state index contributed by atoms with van der Waals surface area (Å²) in [4.78, 5) is 86.2. The molecule has 24 nitrogen and oxygen atoms in total. The van der Waals surface area contributed by atoms with Crippen molar-refractivity contribution in [3.8, 4) is 46.5 Å². The highest BCUT2D eigenvalue weighted by molar-refractivity contribution is 6.42. The van der Waals surface area contributed by atoms with Crippen LogP contribution in [0.25, 0.3) is 5.76 Å². The fourth-order valence-corrected chi connectivity index (χ4v) is 12.9. The number of aryl methyl sites for hydroxylation is 6. The zero-order chi connectivity index (χ0) is 95.4. The summed E-state index contributed by atoms with van der Waals surface area (Å²) < 4.78 is 187. The van der Waals surface area contributed by atoms with Gasteiger partial charge in [0.05, 0.1) is 56.7 Å². The van der Waals surface area contributed by atoms with Crippen LogP contribution in [0.4, 0.5) is 52.7 Å². The lowest BCUT2D eigenvalue weighted by molar-refractivity contribution is -0.142. The molecule has 0 bridgehead atoms. The lowest BCUT2D eigenvalue weighted by atomic mass is 10.0. The molecule has 0 saturated carbocycles. The van der Waals surface area contributed by atoms with Gasteiger partial charge in [0.2, 0.25) is 23.5 Å². The second kappa shape index (κ2) is 41.4. The van der Waals surface area contributed by atoms with Gasteiger partial charge in [0.1, 0.15) is 51.0 Å². The van der Waals surface area contributed by atoms with Gasteiger partial charge < -0.3 is 45.3 Å². The summed E-state index contributed by atoms with van der Waals surface area (Å²) in [6.07, 6.45) is -19.2. The van der Waals surface area contributed by atoms with Crippen LogP contribution in [0.15, 0.2) is 195 Å². The van der Waals surface area contributed by atoms with E-state index in [2.05, 4.69) is 48.2 Å². The largest absolute Gasteiger partial charge is 0.508 e. The second-order valence-electron chi connectivity index (χ2n) is 29.0. The number of aliphatic hydroxyl groups excluding tert-OH is 1. The van der Waals surface area contributed by atoms with Gasteiger partial charge in [-0.1, -0.05) is 157 Å². The first kappa shape index (κ1) is 99.0. The number of halogens is 15. The molecule has 4 aromatic heterocycles. The highest BCUT2D eigenvalue weighted by Crippen LogP contribution is 2.43. The predicted molar refractivity (Wildman–Crippen MR) is 454 cm³/mol. The number of aromatic nitrogens is 8. The van der Waals surface area contributed by atoms with Crippen LogP contribution >= 0.6 is 34.8 Å². The molecule has 0 aliphatic rings. The third-order valence-electron chi connectivity index (χ3n) is 19.2. The van der Waals surface area contributed by atoms with E-state index in [1.807, 2.05) is 19.1 Å². The standard InChI is InChI=1S/C23H19F6N3O3.C23H22F3N3O3.C22H21Cl2N3O3.C22H19ClF3N3O3/c1-12(14-7-9-15(10-8-14)13(2)33)30-20(34)18-19(23(27,28)29)31-32(3)21(18)35-17-6-4-5-16(11-17)22(24,25)26;1-13(16-8-10-17(11-9-16)15(3)30)27-21(31)20-14(2)28-29(4)22(20)32-19-7-5-6-18(12-19)23(24,25)26;1-12(15-5-7-16(8-6-15)14(3)28)25-21(29)20-13(2)26-27(4)22(20)30-17-9-10-18(23)19(24)11-17;1-12(14-7-9-15(10-8-14)13(2)30)27-20(31)18-19(22(24,25)26)28-29(3)21(18)32-17-6-4-5-16(23)11-17/h4-12H,1-3H3,(H,30,34);5-13H,1-4H3,(H,27,31);5-12,28H,3H2,1-2,4H3,(H,25,29);4-12H,1-3H3,(H,27,31)/t12-;13-;2*12-/m0000/s1. The number of benzene rings is 8. The van der Waals surface area contributed by atoms with Crippen LogP contribution in [0.2, 0.25) is 15.1 Å². The molecule has 4 heterocycles. The quantitative estimate of drug-likeness (QED) is 0.0213. The summed E-state index contributed by atoms with van der Waals surface area (Å²) in [6.45, 7) is 17.9. The third-order valence-corrected chi connectivity index (χ3v) is 20.2. The monoisotopic (exact) mass is 1850 g/mol. The molecule has 39 heteroatoms. The molecule has 5 N–H and O–H groups in total. The Kier molecular flexibility index (Phi) is 31.8. The van der Waals surface area contributed by atoms with Gasteiger partial charge in [-0.05, 0) is 151 Å². The zero-order valence-corrected chi connectivity index (χ0v) is 72.9. The predicted octanol–water partition coefficient (Wildman–Crippen LogP) is 22.6. The summed E-state index contributed by atoms with van der Waals surface area (Å²) in [5.74, 6) is -4.04. The van der Waals surface area contributed by atoms with E-state index in [9.17, 15) is 91.4 Å². The van der Waals surface area contributed by atoms with Crippen molar-refractivity contribution < 1.29 is 110 Å². The van der Waals surface area contributed by atoms with Gasteiger partial charge in [0.25, 0.3) is 23.6 Å². The summed E-state index contributed by atoms with van der Waals surface area (Å²) in [7, 11) is 5.55. The van der Waals surface area contributed by atoms with E-state index in [1.165, 1.54) is 99.7 Å². The molecule has 0 aliphatic carbocycles. The lowest BCUT2D eigenvalue weighted by Crippen LogP contribution is -2.28.